The molecule has 20 heavy (non-hydrogen) atoms. The molecule has 2 heterocycles. The largest absolute Gasteiger partial charge is 0.476 e. The molecule has 0 aliphatic heterocycles. The summed E-state index contributed by atoms with van der Waals surface area (Å²) >= 11 is 0. The maximum Gasteiger partial charge on any atom is 0.247 e. The molecule has 0 saturated heterocycles. The van der Waals surface area contributed by atoms with E-state index >= 15 is 0 Å². The van der Waals surface area contributed by atoms with E-state index in [2.05, 4.69) is 15.0 Å². The summed E-state index contributed by atoms with van der Waals surface area (Å²) in [6.07, 6.45) is 0.852. The molecule has 9 heteroatoms. The lowest BCUT2D eigenvalue weighted by molar-refractivity contribution is -0.0488. The number of anilines is 1. The fraction of sp³-hybridized carbons (Fsp3) is 0.545. The van der Waals surface area contributed by atoms with Crippen LogP contribution in [0.3, 0.4) is 0 Å². The second-order valence-electron chi connectivity index (χ2n) is 3.99. The van der Waals surface area contributed by atoms with Gasteiger partial charge in [0.05, 0.1) is 26.1 Å². The summed E-state index contributed by atoms with van der Waals surface area (Å²) in [4.78, 5) is 12.2. The van der Waals surface area contributed by atoms with Crippen molar-refractivity contribution >= 4 is 17.1 Å². The van der Waals surface area contributed by atoms with Gasteiger partial charge in [0.15, 0.2) is 11.2 Å². The second-order valence-corrected chi connectivity index (χ2v) is 3.99. The van der Waals surface area contributed by atoms with Crippen molar-refractivity contribution in [3.8, 4) is 5.88 Å². The van der Waals surface area contributed by atoms with E-state index in [4.69, 9.17) is 25.4 Å². The Morgan fingerprint density at radius 1 is 1.35 bits per heavy atom. The minimum atomic E-state index is -0.655. The van der Waals surface area contributed by atoms with Crippen LogP contribution in [-0.2, 0) is 11.5 Å². The van der Waals surface area contributed by atoms with Gasteiger partial charge in [-0.1, -0.05) is 0 Å². The van der Waals surface area contributed by atoms with Crippen molar-refractivity contribution in [2.24, 2.45) is 0 Å². The third-order valence-corrected chi connectivity index (χ3v) is 2.59. The van der Waals surface area contributed by atoms with Crippen LogP contribution in [0.5, 0.6) is 5.88 Å². The number of hydrogen-bond acceptors (Lipinski definition) is 8. The molecule has 0 aromatic carbocycles. The van der Waals surface area contributed by atoms with Gasteiger partial charge in [0, 0.05) is 0 Å². The quantitative estimate of drug-likeness (QED) is 0.598. The summed E-state index contributed by atoms with van der Waals surface area (Å²) in [5.41, 5.74) is 6.58. The van der Waals surface area contributed by atoms with Crippen LogP contribution in [0.1, 0.15) is 6.92 Å². The van der Waals surface area contributed by atoms with E-state index < -0.39 is 6.10 Å². The number of ether oxygens (including phenoxy) is 2. The molecule has 0 amide bonds. The lowest BCUT2D eigenvalue weighted by atomic mass is 10.4. The highest BCUT2D eigenvalue weighted by Gasteiger charge is 2.14. The topological polar surface area (TPSA) is 129 Å². The van der Waals surface area contributed by atoms with Gasteiger partial charge in [-0.15, -0.1) is 0 Å². The standard InChI is InChI=1S/C11H17N5O4/c1-2-19-10-8-9(14-11(12)15-10)16(5-13-8)6-20-7(3-17)4-18/h5,7,17-18H,2-4,6H2,1H3,(H2,12,14,15). The molecule has 2 aromatic heterocycles. The molecule has 0 unspecified atom stereocenters. The van der Waals surface area contributed by atoms with Crippen molar-refractivity contribution in [3.63, 3.8) is 0 Å². The van der Waals surface area contributed by atoms with Gasteiger partial charge in [0.1, 0.15) is 12.8 Å². The zero-order chi connectivity index (χ0) is 14.5. The number of rotatable bonds is 7. The first-order chi connectivity index (χ1) is 9.69. The zero-order valence-electron chi connectivity index (χ0n) is 11.1. The molecule has 0 aliphatic carbocycles. The summed E-state index contributed by atoms with van der Waals surface area (Å²) in [7, 11) is 0. The van der Waals surface area contributed by atoms with Crippen molar-refractivity contribution in [2.45, 2.75) is 19.8 Å². The number of aliphatic hydroxyl groups is 2. The Kier molecular flexibility index (Phi) is 4.66. The third kappa shape index (κ3) is 2.95. The van der Waals surface area contributed by atoms with Crippen LogP contribution >= 0.6 is 0 Å². The Balaban J connectivity index is 2.26. The average Bonchev–Trinajstić information content (AvgIpc) is 2.83. The summed E-state index contributed by atoms with van der Waals surface area (Å²) in [5.74, 6) is 0.387. The molecule has 0 fully saturated rings. The molecule has 0 aliphatic rings. The predicted molar refractivity (Wildman–Crippen MR) is 69.9 cm³/mol. The molecule has 0 radical (unpaired) electrons. The summed E-state index contributed by atoms with van der Waals surface area (Å²) < 4.78 is 12.3. The highest BCUT2D eigenvalue weighted by Crippen LogP contribution is 2.21. The van der Waals surface area contributed by atoms with E-state index in [1.807, 2.05) is 6.92 Å². The van der Waals surface area contributed by atoms with Crippen LogP contribution in [0.15, 0.2) is 6.33 Å². The van der Waals surface area contributed by atoms with Gasteiger partial charge >= 0.3 is 0 Å². The Labute approximate surface area is 115 Å². The van der Waals surface area contributed by atoms with Crippen LogP contribution in [0, 0.1) is 0 Å². The predicted octanol–water partition coefficient (Wildman–Crippen LogP) is -0.866. The molecule has 9 nitrogen and oxygen atoms in total. The van der Waals surface area contributed by atoms with E-state index in [0.29, 0.717) is 23.7 Å². The van der Waals surface area contributed by atoms with Crippen LogP contribution in [-0.4, -0.2) is 55.7 Å². The van der Waals surface area contributed by atoms with Crippen molar-refractivity contribution in [1.29, 1.82) is 0 Å². The lowest BCUT2D eigenvalue weighted by Gasteiger charge is -2.13. The fourth-order valence-corrected chi connectivity index (χ4v) is 1.62. The van der Waals surface area contributed by atoms with Crippen molar-refractivity contribution in [3.05, 3.63) is 6.33 Å². The minimum Gasteiger partial charge on any atom is -0.476 e. The van der Waals surface area contributed by atoms with E-state index in [0.717, 1.165) is 0 Å². The molecule has 2 rings (SSSR count). The average molecular weight is 283 g/mol. The number of aromatic nitrogens is 4. The van der Waals surface area contributed by atoms with Crippen LogP contribution in [0.2, 0.25) is 0 Å². The number of hydrogen-bond donors (Lipinski definition) is 3. The summed E-state index contributed by atoms with van der Waals surface area (Å²) in [5, 5.41) is 17.9. The first kappa shape index (κ1) is 14.4. The number of nitrogen functional groups attached to an aromatic ring is 1. The first-order valence-electron chi connectivity index (χ1n) is 6.14. The normalized spacial score (nSPS) is 11.4. The molecule has 110 valence electrons. The monoisotopic (exact) mass is 283 g/mol. The van der Waals surface area contributed by atoms with Gasteiger partial charge < -0.3 is 25.4 Å². The molecular weight excluding hydrogens is 266 g/mol. The Morgan fingerprint density at radius 3 is 2.75 bits per heavy atom. The first-order valence-corrected chi connectivity index (χ1v) is 6.14. The molecular formula is C11H17N5O4. The third-order valence-electron chi connectivity index (χ3n) is 2.59. The number of nitrogens with two attached hydrogens (primary N) is 1. The van der Waals surface area contributed by atoms with Crippen molar-refractivity contribution in [1.82, 2.24) is 19.5 Å². The Bertz CT molecular complexity index is 569. The summed E-state index contributed by atoms with van der Waals surface area (Å²) in [6.45, 7) is 1.79. The molecule has 0 saturated carbocycles. The van der Waals surface area contributed by atoms with E-state index in [1.54, 1.807) is 4.57 Å². The van der Waals surface area contributed by atoms with Gasteiger partial charge in [0.25, 0.3) is 0 Å². The van der Waals surface area contributed by atoms with Gasteiger partial charge in [-0.3, -0.25) is 4.57 Å². The summed E-state index contributed by atoms with van der Waals surface area (Å²) in [6, 6.07) is 0. The van der Waals surface area contributed by atoms with Crippen LogP contribution in [0.4, 0.5) is 5.95 Å². The number of imidazole rings is 1. The van der Waals surface area contributed by atoms with Crippen LogP contribution < -0.4 is 10.5 Å². The van der Waals surface area contributed by atoms with E-state index in [-0.39, 0.29) is 25.9 Å². The molecule has 0 bridgehead atoms. The van der Waals surface area contributed by atoms with E-state index in [9.17, 15) is 0 Å². The van der Waals surface area contributed by atoms with E-state index in [1.165, 1.54) is 6.33 Å². The molecule has 4 N–H and O–H groups in total. The molecule has 0 spiro atoms. The van der Waals surface area contributed by atoms with Gasteiger partial charge in [0.2, 0.25) is 11.8 Å². The number of aliphatic hydroxyl groups excluding tert-OH is 2. The highest BCUT2D eigenvalue weighted by atomic mass is 16.5. The van der Waals surface area contributed by atoms with Crippen molar-refractivity contribution in [2.75, 3.05) is 25.6 Å². The maximum atomic E-state index is 8.95. The number of fused-ring (bicyclic) bond motifs is 1. The smallest absolute Gasteiger partial charge is 0.247 e. The number of nitrogens with zero attached hydrogens (tertiary/aromatic N) is 4. The van der Waals surface area contributed by atoms with Gasteiger partial charge in [-0.2, -0.15) is 9.97 Å². The zero-order valence-corrected chi connectivity index (χ0v) is 11.1. The lowest BCUT2D eigenvalue weighted by Crippen LogP contribution is -2.23. The second kappa shape index (κ2) is 6.46. The minimum absolute atomic E-state index is 0.0727. The van der Waals surface area contributed by atoms with Gasteiger partial charge in [-0.25, -0.2) is 4.98 Å². The van der Waals surface area contributed by atoms with Crippen molar-refractivity contribution < 1.29 is 19.7 Å². The molecule has 0 atom stereocenters. The fourth-order valence-electron chi connectivity index (χ4n) is 1.62. The Hall–Kier alpha value is -1.97. The van der Waals surface area contributed by atoms with Crippen LogP contribution in [0.25, 0.3) is 11.2 Å². The SMILES string of the molecule is CCOc1nc(N)nc2c1ncn2COC(CO)CO. The highest BCUT2D eigenvalue weighted by molar-refractivity contribution is 5.77. The Morgan fingerprint density at radius 2 is 2.10 bits per heavy atom. The van der Waals surface area contributed by atoms with Gasteiger partial charge in [-0.05, 0) is 6.92 Å². The maximum absolute atomic E-state index is 8.95. The molecule has 2 aromatic rings.